The number of rotatable bonds is 1. The summed E-state index contributed by atoms with van der Waals surface area (Å²) in [6.45, 7) is 6.42. The van der Waals surface area contributed by atoms with E-state index in [0.29, 0.717) is 6.42 Å². The van der Waals surface area contributed by atoms with Crippen molar-refractivity contribution in [1.29, 1.82) is 0 Å². The zero-order valence-electron chi connectivity index (χ0n) is 7.92. The van der Waals surface area contributed by atoms with E-state index in [-0.39, 0.29) is 0 Å². The molecule has 0 aliphatic rings. The van der Waals surface area contributed by atoms with Crippen molar-refractivity contribution >= 4 is 0 Å². The van der Waals surface area contributed by atoms with Gasteiger partial charge in [-0.15, -0.1) is 0 Å². The van der Waals surface area contributed by atoms with Gasteiger partial charge in [-0.05, 0) is 11.8 Å². The molecule has 0 saturated heterocycles. The van der Waals surface area contributed by atoms with Crippen LogP contribution in [0.3, 0.4) is 0 Å². The molecule has 0 N–H and O–H groups in total. The van der Waals surface area contributed by atoms with Crippen LogP contribution >= 0.6 is 0 Å². The molecule has 3 heteroatoms. The molecular formula is C9H15F3. The van der Waals surface area contributed by atoms with Crippen LogP contribution in [-0.4, -0.2) is 6.18 Å². The molecule has 12 heavy (non-hydrogen) atoms. The first-order valence-corrected chi connectivity index (χ1v) is 3.97. The molecule has 0 aromatic carbocycles. The fraction of sp³-hybridized carbons (Fsp3) is 0.778. The minimum absolute atomic E-state index is 0.423. The minimum atomic E-state index is -4.19. The average molecular weight is 180 g/mol. The molecule has 0 fully saturated rings. The first-order valence-electron chi connectivity index (χ1n) is 3.97. The lowest BCUT2D eigenvalue weighted by Gasteiger charge is -2.25. The van der Waals surface area contributed by atoms with E-state index in [1.807, 2.05) is 0 Å². The summed E-state index contributed by atoms with van der Waals surface area (Å²) in [6, 6.07) is 0. The third-order valence-electron chi connectivity index (χ3n) is 1.52. The molecule has 0 spiro atoms. The standard InChI is InChI=1S/C9H15F3/c1-5-6-7(8(2,3)4)9(10,11)12/h6H,5H2,1-4H3/b7-6+. The van der Waals surface area contributed by atoms with Crippen molar-refractivity contribution in [3.63, 3.8) is 0 Å². The largest absolute Gasteiger partial charge is 0.412 e. The lowest BCUT2D eigenvalue weighted by Crippen LogP contribution is -2.24. The highest BCUT2D eigenvalue weighted by Gasteiger charge is 2.39. The summed E-state index contributed by atoms with van der Waals surface area (Å²) in [7, 11) is 0. The van der Waals surface area contributed by atoms with Crippen LogP contribution in [-0.2, 0) is 0 Å². The van der Waals surface area contributed by atoms with Crippen molar-refractivity contribution in [2.45, 2.75) is 40.3 Å². The molecule has 0 unspecified atom stereocenters. The topological polar surface area (TPSA) is 0 Å². The van der Waals surface area contributed by atoms with E-state index in [4.69, 9.17) is 0 Å². The molecule has 0 heterocycles. The SMILES string of the molecule is CC/C=C(\C(C)(C)C)C(F)(F)F. The molecule has 0 aromatic rings. The van der Waals surface area contributed by atoms with Gasteiger partial charge >= 0.3 is 6.18 Å². The molecule has 0 saturated carbocycles. The molecular weight excluding hydrogens is 165 g/mol. The zero-order chi connectivity index (χ0) is 9.99. The Morgan fingerprint density at radius 1 is 1.17 bits per heavy atom. The molecule has 0 aliphatic carbocycles. The second-order valence-electron chi connectivity index (χ2n) is 3.77. The maximum absolute atomic E-state index is 12.3. The molecule has 0 aliphatic heterocycles. The van der Waals surface area contributed by atoms with Gasteiger partial charge in [-0.1, -0.05) is 33.8 Å². The Morgan fingerprint density at radius 2 is 1.58 bits per heavy atom. The predicted octanol–water partition coefficient (Wildman–Crippen LogP) is 3.93. The summed E-state index contributed by atoms with van der Waals surface area (Å²) in [4.78, 5) is 0. The second-order valence-corrected chi connectivity index (χ2v) is 3.77. The Kier molecular flexibility index (Phi) is 3.36. The number of hydrogen-bond acceptors (Lipinski definition) is 0. The first kappa shape index (κ1) is 11.5. The Hall–Kier alpha value is -0.470. The van der Waals surface area contributed by atoms with E-state index < -0.39 is 17.2 Å². The Balaban J connectivity index is 4.83. The van der Waals surface area contributed by atoms with Gasteiger partial charge in [-0.25, -0.2) is 0 Å². The van der Waals surface area contributed by atoms with Crippen molar-refractivity contribution < 1.29 is 13.2 Å². The fourth-order valence-corrected chi connectivity index (χ4v) is 1.05. The van der Waals surface area contributed by atoms with Crippen LogP contribution in [0.1, 0.15) is 34.1 Å². The normalized spacial score (nSPS) is 15.1. The molecule has 0 radical (unpaired) electrons. The van der Waals surface area contributed by atoms with Crippen LogP contribution < -0.4 is 0 Å². The molecule has 0 nitrogen and oxygen atoms in total. The van der Waals surface area contributed by atoms with Crippen LogP contribution in [0.4, 0.5) is 13.2 Å². The highest BCUT2D eigenvalue weighted by Crippen LogP contribution is 2.38. The van der Waals surface area contributed by atoms with Gasteiger partial charge in [0, 0.05) is 5.57 Å². The number of halogens is 3. The van der Waals surface area contributed by atoms with Gasteiger partial charge in [-0.3, -0.25) is 0 Å². The van der Waals surface area contributed by atoms with Gasteiger partial charge in [0.25, 0.3) is 0 Å². The zero-order valence-corrected chi connectivity index (χ0v) is 7.92. The summed E-state index contributed by atoms with van der Waals surface area (Å²) in [5.41, 5.74) is -1.24. The Bertz CT molecular complexity index is 153. The molecule has 0 rings (SSSR count). The van der Waals surface area contributed by atoms with Crippen molar-refractivity contribution in [2.24, 2.45) is 5.41 Å². The van der Waals surface area contributed by atoms with Gasteiger partial charge in [0.2, 0.25) is 0 Å². The molecule has 72 valence electrons. The van der Waals surface area contributed by atoms with Gasteiger partial charge in [0.1, 0.15) is 0 Å². The van der Waals surface area contributed by atoms with E-state index in [1.54, 1.807) is 27.7 Å². The van der Waals surface area contributed by atoms with E-state index in [0.717, 1.165) is 0 Å². The van der Waals surface area contributed by atoms with Crippen LogP contribution in [0.5, 0.6) is 0 Å². The van der Waals surface area contributed by atoms with Gasteiger partial charge in [-0.2, -0.15) is 13.2 Å². The van der Waals surface area contributed by atoms with E-state index in [2.05, 4.69) is 0 Å². The van der Waals surface area contributed by atoms with Crippen LogP contribution in [0.2, 0.25) is 0 Å². The van der Waals surface area contributed by atoms with Crippen molar-refractivity contribution in [1.82, 2.24) is 0 Å². The van der Waals surface area contributed by atoms with Crippen molar-refractivity contribution in [3.8, 4) is 0 Å². The van der Waals surface area contributed by atoms with Crippen LogP contribution in [0.25, 0.3) is 0 Å². The van der Waals surface area contributed by atoms with Crippen LogP contribution in [0, 0.1) is 5.41 Å². The lowest BCUT2D eigenvalue weighted by atomic mass is 9.85. The minimum Gasteiger partial charge on any atom is -0.166 e. The summed E-state index contributed by atoms with van der Waals surface area (Å²) in [5, 5.41) is 0. The number of alkyl halides is 3. The number of allylic oxidation sites excluding steroid dienone is 2. The molecule has 0 amide bonds. The Morgan fingerprint density at radius 3 is 1.67 bits per heavy atom. The predicted molar refractivity (Wildman–Crippen MR) is 43.9 cm³/mol. The molecule has 0 bridgehead atoms. The Labute approximate surface area is 71.5 Å². The molecule has 0 aromatic heterocycles. The summed E-state index contributed by atoms with van der Waals surface area (Å²) in [6.07, 6.45) is -2.51. The van der Waals surface area contributed by atoms with Gasteiger partial charge < -0.3 is 0 Å². The fourth-order valence-electron chi connectivity index (χ4n) is 1.05. The highest BCUT2D eigenvalue weighted by molar-refractivity contribution is 5.16. The average Bonchev–Trinajstić information content (AvgIpc) is 1.77. The second kappa shape index (κ2) is 3.50. The number of hydrogen-bond donors (Lipinski definition) is 0. The van der Waals surface area contributed by atoms with E-state index in [9.17, 15) is 13.2 Å². The van der Waals surface area contributed by atoms with E-state index >= 15 is 0 Å². The summed E-state index contributed by atoms with van der Waals surface area (Å²) in [5.74, 6) is 0. The maximum Gasteiger partial charge on any atom is 0.412 e. The van der Waals surface area contributed by atoms with Crippen LogP contribution in [0.15, 0.2) is 11.6 Å². The maximum atomic E-state index is 12.3. The summed E-state index contributed by atoms with van der Waals surface area (Å²) < 4.78 is 37.0. The summed E-state index contributed by atoms with van der Waals surface area (Å²) >= 11 is 0. The first-order chi connectivity index (χ1) is 5.19. The lowest BCUT2D eigenvalue weighted by molar-refractivity contribution is -0.104. The van der Waals surface area contributed by atoms with Gasteiger partial charge in [0.05, 0.1) is 0 Å². The smallest absolute Gasteiger partial charge is 0.166 e. The van der Waals surface area contributed by atoms with Crippen molar-refractivity contribution in [3.05, 3.63) is 11.6 Å². The third kappa shape index (κ3) is 3.28. The molecule has 0 atom stereocenters. The third-order valence-corrected chi connectivity index (χ3v) is 1.52. The monoisotopic (exact) mass is 180 g/mol. The highest BCUT2D eigenvalue weighted by atomic mass is 19.4. The van der Waals surface area contributed by atoms with Gasteiger partial charge in [0.15, 0.2) is 0 Å². The quantitative estimate of drug-likeness (QED) is 0.536. The van der Waals surface area contributed by atoms with E-state index in [1.165, 1.54) is 6.08 Å². The van der Waals surface area contributed by atoms with Crippen molar-refractivity contribution in [2.75, 3.05) is 0 Å².